The largest absolute Gasteiger partial charge is 0.363 e. The number of nitrogens with zero attached hydrogens (tertiary/aromatic N) is 3. The van der Waals surface area contributed by atoms with Gasteiger partial charge in [-0.25, -0.2) is 9.98 Å². The van der Waals surface area contributed by atoms with Crippen LogP contribution in [0.5, 0.6) is 0 Å². The highest BCUT2D eigenvalue weighted by atomic mass is 15.3. The smallest absolute Gasteiger partial charge is 0.170 e. The third kappa shape index (κ3) is 0.886. The molecule has 0 fully saturated rings. The third-order valence-electron chi connectivity index (χ3n) is 1.75. The van der Waals surface area contributed by atoms with Crippen molar-refractivity contribution in [1.82, 2.24) is 10.6 Å². The van der Waals surface area contributed by atoms with Crippen LogP contribution in [0, 0.1) is 0 Å². The molecule has 0 aromatic rings. The molecule has 0 amide bonds. The standard InChI is InChI=1S/C6H9N5/c1-7-5-4-6(10-2-8-4)11-3-9-5/h2-4,6H,1H3,(H,8,10)(H,7,9,11). The molecule has 2 N–H and O–H groups in total. The molecule has 0 saturated carbocycles. The molecule has 2 rings (SSSR count). The van der Waals surface area contributed by atoms with Crippen LogP contribution >= 0.6 is 0 Å². The molecule has 0 aromatic heterocycles. The molecule has 5 nitrogen and oxygen atoms in total. The molecule has 2 atom stereocenters. The van der Waals surface area contributed by atoms with E-state index in [2.05, 4.69) is 25.6 Å². The van der Waals surface area contributed by atoms with Crippen LogP contribution in [0.25, 0.3) is 0 Å². The van der Waals surface area contributed by atoms with Crippen LogP contribution in [0.2, 0.25) is 0 Å². The highest BCUT2D eigenvalue weighted by Crippen LogP contribution is 2.08. The van der Waals surface area contributed by atoms with E-state index in [0.29, 0.717) is 0 Å². The summed E-state index contributed by atoms with van der Waals surface area (Å²) in [6.07, 6.45) is 3.29. The summed E-state index contributed by atoms with van der Waals surface area (Å²) in [4.78, 5) is 12.3. The molecule has 0 saturated heterocycles. The first kappa shape index (κ1) is 6.33. The summed E-state index contributed by atoms with van der Waals surface area (Å²) in [5.74, 6) is 0.891. The van der Waals surface area contributed by atoms with Crippen LogP contribution in [0.1, 0.15) is 0 Å². The first-order valence-electron chi connectivity index (χ1n) is 3.44. The van der Waals surface area contributed by atoms with E-state index in [1.165, 1.54) is 0 Å². The maximum Gasteiger partial charge on any atom is 0.170 e. The van der Waals surface area contributed by atoms with E-state index >= 15 is 0 Å². The second-order valence-electron chi connectivity index (χ2n) is 2.37. The fraction of sp³-hybridized carbons (Fsp3) is 0.500. The minimum Gasteiger partial charge on any atom is -0.363 e. The van der Waals surface area contributed by atoms with Gasteiger partial charge in [0.2, 0.25) is 0 Å². The molecule has 5 heteroatoms. The lowest BCUT2D eigenvalue weighted by atomic mass is 10.2. The topological polar surface area (TPSA) is 61.1 Å². The third-order valence-corrected chi connectivity index (χ3v) is 1.75. The van der Waals surface area contributed by atoms with Crippen LogP contribution in [-0.4, -0.2) is 37.8 Å². The summed E-state index contributed by atoms with van der Waals surface area (Å²) in [5.41, 5.74) is 0. The van der Waals surface area contributed by atoms with Crippen LogP contribution in [-0.2, 0) is 0 Å². The van der Waals surface area contributed by atoms with E-state index in [1.54, 1.807) is 19.7 Å². The van der Waals surface area contributed by atoms with Gasteiger partial charge in [-0.1, -0.05) is 0 Å². The molecule has 2 aliphatic rings. The van der Waals surface area contributed by atoms with Crippen molar-refractivity contribution in [2.45, 2.75) is 12.2 Å². The Hall–Kier alpha value is -1.39. The van der Waals surface area contributed by atoms with Crippen LogP contribution in [0.3, 0.4) is 0 Å². The summed E-state index contributed by atoms with van der Waals surface area (Å²) < 4.78 is 0. The van der Waals surface area contributed by atoms with Gasteiger partial charge in [0.1, 0.15) is 11.9 Å². The number of fused-ring (bicyclic) bond motifs is 1. The highest BCUT2D eigenvalue weighted by Gasteiger charge is 2.29. The second-order valence-corrected chi connectivity index (χ2v) is 2.37. The Labute approximate surface area is 64.3 Å². The van der Waals surface area contributed by atoms with Gasteiger partial charge in [0, 0.05) is 7.05 Å². The summed E-state index contributed by atoms with van der Waals surface area (Å²) in [6.45, 7) is 0. The Bertz CT molecular complexity index is 241. The predicted molar refractivity (Wildman–Crippen MR) is 44.2 cm³/mol. The van der Waals surface area contributed by atoms with Crippen molar-refractivity contribution in [2.75, 3.05) is 7.05 Å². The molecule has 58 valence electrons. The Morgan fingerprint density at radius 2 is 2.27 bits per heavy atom. The van der Waals surface area contributed by atoms with E-state index in [0.717, 1.165) is 5.84 Å². The average Bonchev–Trinajstić information content (AvgIpc) is 2.50. The number of hydrogen-bond acceptors (Lipinski definition) is 4. The Kier molecular flexibility index (Phi) is 1.34. The predicted octanol–water partition coefficient (Wildman–Crippen LogP) is -1.03. The van der Waals surface area contributed by atoms with Crippen molar-refractivity contribution in [3.63, 3.8) is 0 Å². The minimum absolute atomic E-state index is 0.0186. The Balaban J connectivity index is 2.26. The lowest BCUT2D eigenvalue weighted by Gasteiger charge is -2.20. The van der Waals surface area contributed by atoms with Gasteiger partial charge in [-0.15, -0.1) is 0 Å². The van der Waals surface area contributed by atoms with Crippen molar-refractivity contribution in [3.05, 3.63) is 0 Å². The maximum absolute atomic E-state index is 4.11. The zero-order valence-electron chi connectivity index (χ0n) is 6.15. The summed E-state index contributed by atoms with van der Waals surface area (Å²) in [5, 5.41) is 6.02. The van der Waals surface area contributed by atoms with Gasteiger partial charge >= 0.3 is 0 Å². The Morgan fingerprint density at radius 3 is 3.09 bits per heavy atom. The quantitative estimate of drug-likeness (QED) is 0.465. The molecule has 11 heavy (non-hydrogen) atoms. The summed E-state index contributed by atoms with van der Waals surface area (Å²) >= 11 is 0. The van der Waals surface area contributed by atoms with Gasteiger partial charge in [-0.05, 0) is 0 Å². The van der Waals surface area contributed by atoms with Crippen molar-refractivity contribution in [2.24, 2.45) is 15.0 Å². The van der Waals surface area contributed by atoms with Crippen molar-refractivity contribution in [1.29, 1.82) is 0 Å². The van der Waals surface area contributed by atoms with Crippen LogP contribution in [0.15, 0.2) is 15.0 Å². The number of hydrogen-bond donors (Lipinski definition) is 2. The number of rotatable bonds is 0. The molecule has 0 aliphatic carbocycles. The molecule has 0 aromatic carbocycles. The molecular formula is C6H9N5. The molecule has 0 bridgehead atoms. The van der Waals surface area contributed by atoms with E-state index in [4.69, 9.17) is 0 Å². The number of amidine groups is 1. The minimum atomic E-state index is -0.0186. The van der Waals surface area contributed by atoms with Gasteiger partial charge in [-0.3, -0.25) is 4.99 Å². The number of aliphatic imine (C=N–C) groups is 3. The van der Waals surface area contributed by atoms with Crippen LogP contribution in [0.4, 0.5) is 0 Å². The van der Waals surface area contributed by atoms with Gasteiger partial charge in [0.05, 0.1) is 12.7 Å². The first-order chi connectivity index (χ1) is 5.42. The molecule has 2 aliphatic heterocycles. The van der Waals surface area contributed by atoms with E-state index in [1.807, 2.05) is 0 Å². The normalized spacial score (nSPS) is 36.6. The second kappa shape index (κ2) is 2.34. The zero-order valence-corrected chi connectivity index (χ0v) is 6.15. The van der Waals surface area contributed by atoms with Gasteiger partial charge in [0.15, 0.2) is 6.17 Å². The molecule has 0 spiro atoms. The lowest BCUT2D eigenvalue weighted by Crippen LogP contribution is -2.49. The Morgan fingerprint density at radius 1 is 1.45 bits per heavy atom. The maximum atomic E-state index is 4.11. The fourth-order valence-corrected chi connectivity index (χ4v) is 1.19. The van der Waals surface area contributed by atoms with Crippen molar-refractivity contribution < 1.29 is 0 Å². The van der Waals surface area contributed by atoms with Crippen LogP contribution < -0.4 is 10.6 Å². The van der Waals surface area contributed by atoms with Gasteiger partial charge in [0.25, 0.3) is 0 Å². The lowest BCUT2D eigenvalue weighted by molar-refractivity contribution is 0.636. The SMILES string of the molecule is CN=C1NC=NC2N=CNC12. The average molecular weight is 151 g/mol. The van der Waals surface area contributed by atoms with E-state index in [9.17, 15) is 0 Å². The van der Waals surface area contributed by atoms with Crippen molar-refractivity contribution in [3.8, 4) is 0 Å². The van der Waals surface area contributed by atoms with Crippen molar-refractivity contribution >= 4 is 18.5 Å². The summed E-state index contributed by atoms with van der Waals surface area (Å²) in [6, 6.07) is 0.116. The first-order valence-corrected chi connectivity index (χ1v) is 3.44. The monoisotopic (exact) mass is 151 g/mol. The molecular weight excluding hydrogens is 142 g/mol. The van der Waals surface area contributed by atoms with E-state index < -0.39 is 0 Å². The van der Waals surface area contributed by atoms with E-state index in [-0.39, 0.29) is 12.2 Å². The highest BCUT2D eigenvalue weighted by molar-refractivity contribution is 5.99. The molecule has 2 unspecified atom stereocenters. The molecule has 0 radical (unpaired) electrons. The summed E-state index contributed by atoms with van der Waals surface area (Å²) in [7, 11) is 1.75. The number of nitrogens with one attached hydrogen (secondary N) is 2. The fourth-order valence-electron chi connectivity index (χ4n) is 1.19. The zero-order chi connectivity index (χ0) is 7.68. The van der Waals surface area contributed by atoms with Gasteiger partial charge < -0.3 is 10.6 Å². The van der Waals surface area contributed by atoms with Gasteiger partial charge in [-0.2, -0.15) is 0 Å². The molecule has 2 heterocycles.